The van der Waals surface area contributed by atoms with Crippen LogP contribution in [0.1, 0.15) is 32.4 Å². The van der Waals surface area contributed by atoms with Crippen LogP contribution in [0.2, 0.25) is 4.94 Å². The second-order valence-electron chi connectivity index (χ2n) is 3.20. The van der Waals surface area contributed by atoms with Gasteiger partial charge in [0.05, 0.1) is 0 Å². The van der Waals surface area contributed by atoms with Crippen LogP contribution in [-0.2, 0) is 25.3 Å². The van der Waals surface area contributed by atoms with Crippen molar-refractivity contribution in [2.45, 2.75) is 31.8 Å². The molecule has 1 aromatic carbocycles. The summed E-state index contributed by atoms with van der Waals surface area (Å²) in [6.45, 7) is 5.93. The molecule has 1 rings (SSSR count). The molecule has 4 heteroatoms. The zero-order chi connectivity index (χ0) is 13.7. The summed E-state index contributed by atoms with van der Waals surface area (Å²) in [5, 5.41) is 0. The summed E-state index contributed by atoms with van der Waals surface area (Å²) in [7, 11) is 0. The fourth-order valence-corrected chi connectivity index (χ4v) is 3.58. The molecular formula is C13H23NS2Sn. The van der Waals surface area contributed by atoms with Crippen LogP contribution in [0.3, 0.4) is 0 Å². The third-order valence-electron chi connectivity index (χ3n) is 1.72. The molecule has 1 nitrogen and oxygen atoms in total. The predicted octanol–water partition coefficient (Wildman–Crippen LogP) is 2.19. The van der Waals surface area contributed by atoms with Crippen LogP contribution in [0.4, 0.5) is 0 Å². The zero-order valence-corrected chi connectivity index (χ0v) is 15.7. The van der Waals surface area contributed by atoms with E-state index in [1.807, 2.05) is 20.8 Å². The van der Waals surface area contributed by atoms with Crippen molar-refractivity contribution in [1.82, 2.24) is 0 Å². The van der Waals surface area contributed by atoms with Crippen LogP contribution >= 0.6 is 0 Å². The SMILES string of the molecule is CC[S-].CC[S-].[CH3][Sn+2][c]1ccccc1C(C)N. The summed E-state index contributed by atoms with van der Waals surface area (Å²) in [6.07, 6.45) is 0. The molecule has 0 spiro atoms. The quantitative estimate of drug-likeness (QED) is 0.633. The van der Waals surface area contributed by atoms with Crippen molar-refractivity contribution in [2.24, 2.45) is 5.73 Å². The Hall–Kier alpha value is 0.679. The Morgan fingerprint density at radius 3 is 1.88 bits per heavy atom. The Bertz CT molecular complexity index is 265. The topological polar surface area (TPSA) is 26.0 Å². The van der Waals surface area contributed by atoms with Crippen molar-refractivity contribution < 1.29 is 0 Å². The van der Waals surface area contributed by atoms with Gasteiger partial charge >= 0.3 is 78.2 Å². The standard InChI is InChI=1S/C8H10N.2C2H6S.CH3.Sn/c1-7(9)8-5-3-2-4-6-8;2*1-2-3;;/h2-5,7H,9H2,1H3;2*3H,2H2,1H3;1H3;/q;;;;+2/p-2. The van der Waals surface area contributed by atoms with E-state index in [-0.39, 0.29) is 27.2 Å². The normalized spacial score (nSPS) is 10.1. The third kappa shape index (κ3) is 11.5. The van der Waals surface area contributed by atoms with Crippen LogP contribution in [0.25, 0.3) is 0 Å². The molecule has 0 aliphatic heterocycles. The summed E-state index contributed by atoms with van der Waals surface area (Å²) in [5.41, 5.74) is 7.17. The van der Waals surface area contributed by atoms with Crippen LogP contribution < -0.4 is 9.31 Å². The molecule has 0 fully saturated rings. The van der Waals surface area contributed by atoms with Crippen molar-refractivity contribution in [3.63, 3.8) is 0 Å². The van der Waals surface area contributed by atoms with Gasteiger partial charge in [0.2, 0.25) is 0 Å². The summed E-state index contributed by atoms with van der Waals surface area (Å²) in [5.74, 6) is 1.67. The summed E-state index contributed by atoms with van der Waals surface area (Å²) in [4.78, 5) is 2.32. The monoisotopic (exact) mass is 377 g/mol. The van der Waals surface area contributed by atoms with Gasteiger partial charge in [-0.25, -0.2) is 0 Å². The van der Waals surface area contributed by atoms with Gasteiger partial charge in [0.1, 0.15) is 0 Å². The molecule has 0 saturated carbocycles. The van der Waals surface area contributed by atoms with Gasteiger partial charge in [-0.05, 0) is 0 Å². The fourth-order valence-electron chi connectivity index (χ4n) is 1.12. The number of hydrogen-bond donors (Lipinski definition) is 1. The van der Waals surface area contributed by atoms with E-state index in [0.717, 1.165) is 11.5 Å². The fraction of sp³-hybridized carbons (Fsp3) is 0.538. The van der Waals surface area contributed by atoms with Gasteiger partial charge in [0.15, 0.2) is 0 Å². The second-order valence-corrected chi connectivity index (χ2v) is 7.32. The Kier molecular flexibility index (Phi) is 17.3. The van der Waals surface area contributed by atoms with Crippen molar-refractivity contribution in [1.29, 1.82) is 0 Å². The average Bonchev–Trinajstić information content (AvgIpc) is 2.31. The number of hydrogen-bond acceptors (Lipinski definition) is 3. The zero-order valence-electron chi connectivity index (χ0n) is 11.2. The molecule has 1 aromatic rings. The van der Waals surface area contributed by atoms with Gasteiger partial charge in [-0.2, -0.15) is 11.5 Å². The molecule has 0 aliphatic carbocycles. The van der Waals surface area contributed by atoms with E-state index in [0.29, 0.717) is 0 Å². The Morgan fingerprint density at radius 1 is 1.18 bits per heavy atom. The van der Waals surface area contributed by atoms with Crippen LogP contribution in [0.5, 0.6) is 0 Å². The first kappa shape index (κ1) is 20.0. The average molecular weight is 376 g/mol. The molecule has 1 atom stereocenters. The van der Waals surface area contributed by atoms with Gasteiger partial charge in [-0.15, -0.1) is 0 Å². The molecule has 0 aliphatic rings. The van der Waals surface area contributed by atoms with Crippen LogP contribution in [0.15, 0.2) is 24.3 Å². The molecule has 96 valence electrons. The molecule has 0 aromatic heterocycles. The number of nitrogens with two attached hydrogens (primary N) is 1. The Morgan fingerprint density at radius 2 is 1.59 bits per heavy atom. The number of benzene rings is 1. The minimum atomic E-state index is -0.313. The minimum absolute atomic E-state index is 0.201. The Labute approximate surface area is 128 Å². The van der Waals surface area contributed by atoms with Gasteiger partial charge in [-0.3, -0.25) is 0 Å². The summed E-state index contributed by atoms with van der Waals surface area (Å²) >= 11 is 8.47. The van der Waals surface area contributed by atoms with E-state index in [9.17, 15) is 0 Å². The number of rotatable bonds is 2. The molecule has 0 bridgehead atoms. The molecule has 0 saturated heterocycles. The van der Waals surface area contributed by atoms with Crippen molar-refractivity contribution in [3.8, 4) is 0 Å². The molecule has 0 heterocycles. The molecule has 0 radical (unpaired) electrons. The summed E-state index contributed by atoms with van der Waals surface area (Å²) in [6, 6.07) is 8.73. The van der Waals surface area contributed by atoms with Gasteiger partial charge in [-0.1, -0.05) is 13.8 Å². The van der Waals surface area contributed by atoms with Crippen LogP contribution in [0, 0.1) is 0 Å². The van der Waals surface area contributed by atoms with Crippen LogP contribution in [-0.4, -0.2) is 32.6 Å². The van der Waals surface area contributed by atoms with Gasteiger partial charge < -0.3 is 25.3 Å². The van der Waals surface area contributed by atoms with E-state index in [4.69, 9.17) is 5.73 Å². The molecule has 1 unspecified atom stereocenters. The maximum atomic E-state index is 5.82. The van der Waals surface area contributed by atoms with E-state index in [1.54, 1.807) is 0 Å². The van der Waals surface area contributed by atoms with E-state index in [1.165, 1.54) is 9.14 Å². The van der Waals surface area contributed by atoms with Crippen molar-refractivity contribution in [2.75, 3.05) is 11.5 Å². The molecule has 17 heavy (non-hydrogen) atoms. The Balaban J connectivity index is 0. The van der Waals surface area contributed by atoms with E-state index in [2.05, 4.69) is 54.5 Å². The first-order valence-corrected chi connectivity index (χ1v) is 11.2. The molecular weight excluding hydrogens is 353 g/mol. The first-order valence-electron chi connectivity index (χ1n) is 5.77. The maximum absolute atomic E-state index is 5.82. The summed E-state index contributed by atoms with van der Waals surface area (Å²) < 4.78 is 1.53. The third-order valence-corrected chi connectivity index (χ3v) is 4.56. The second kappa shape index (κ2) is 14.7. The molecule has 2 N–H and O–H groups in total. The van der Waals surface area contributed by atoms with E-state index < -0.39 is 0 Å². The molecule has 0 amide bonds. The van der Waals surface area contributed by atoms with Crippen molar-refractivity contribution >= 4 is 50.0 Å². The first-order chi connectivity index (χ1) is 8.08. The van der Waals surface area contributed by atoms with Gasteiger partial charge in [0.25, 0.3) is 0 Å². The van der Waals surface area contributed by atoms with E-state index >= 15 is 0 Å². The predicted molar refractivity (Wildman–Crippen MR) is 86.1 cm³/mol. The van der Waals surface area contributed by atoms with Gasteiger partial charge in [0, 0.05) is 0 Å². The van der Waals surface area contributed by atoms with Crippen molar-refractivity contribution in [3.05, 3.63) is 29.8 Å².